The summed E-state index contributed by atoms with van der Waals surface area (Å²) in [4.78, 5) is 8.33. The van der Waals surface area contributed by atoms with Crippen LogP contribution < -0.4 is 11.3 Å². The zero-order valence-corrected chi connectivity index (χ0v) is 9.14. The first-order valence-corrected chi connectivity index (χ1v) is 4.97. The normalized spacial score (nSPS) is 10.8. The van der Waals surface area contributed by atoms with Gasteiger partial charge in [-0.05, 0) is 12.1 Å². The number of hydrazine groups is 1. The maximum Gasteiger partial charge on any atom is 0.259 e. The minimum Gasteiger partial charge on any atom is -0.334 e. The van der Waals surface area contributed by atoms with E-state index in [9.17, 15) is 0 Å². The molecule has 0 aliphatic carbocycles. The lowest BCUT2D eigenvalue weighted by molar-refractivity contribution is 0.419. The van der Waals surface area contributed by atoms with Gasteiger partial charge in [0.15, 0.2) is 5.82 Å². The summed E-state index contributed by atoms with van der Waals surface area (Å²) in [7, 11) is 0. The van der Waals surface area contributed by atoms with E-state index in [4.69, 9.17) is 10.4 Å². The second-order valence-electron chi connectivity index (χ2n) is 3.69. The molecule has 84 valence electrons. The Labute approximate surface area is 92.8 Å². The Morgan fingerprint density at radius 2 is 2.19 bits per heavy atom. The second-order valence-corrected chi connectivity index (χ2v) is 3.69. The van der Waals surface area contributed by atoms with E-state index in [-0.39, 0.29) is 5.92 Å². The van der Waals surface area contributed by atoms with Crippen LogP contribution in [0.5, 0.6) is 0 Å². The van der Waals surface area contributed by atoms with Crippen molar-refractivity contribution in [3.8, 4) is 11.5 Å². The van der Waals surface area contributed by atoms with E-state index in [1.54, 1.807) is 12.3 Å². The van der Waals surface area contributed by atoms with Gasteiger partial charge in [-0.25, -0.2) is 10.8 Å². The smallest absolute Gasteiger partial charge is 0.259 e. The van der Waals surface area contributed by atoms with Crippen LogP contribution in [-0.2, 0) is 0 Å². The van der Waals surface area contributed by atoms with Crippen LogP contribution in [0.3, 0.4) is 0 Å². The van der Waals surface area contributed by atoms with Crippen LogP contribution in [0.15, 0.2) is 22.9 Å². The minimum absolute atomic E-state index is 0.246. The van der Waals surface area contributed by atoms with Crippen molar-refractivity contribution in [3.05, 3.63) is 24.2 Å². The van der Waals surface area contributed by atoms with Gasteiger partial charge in [0.25, 0.3) is 5.89 Å². The van der Waals surface area contributed by atoms with Gasteiger partial charge in [0, 0.05) is 12.1 Å². The Bertz CT molecular complexity index is 462. The molecule has 6 heteroatoms. The predicted molar refractivity (Wildman–Crippen MR) is 59.4 cm³/mol. The van der Waals surface area contributed by atoms with E-state index >= 15 is 0 Å². The van der Waals surface area contributed by atoms with E-state index in [1.165, 1.54) is 0 Å². The molecule has 0 bridgehead atoms. The molecule has 0 spiro atoms. The monoisotopic (exact) mass is 219 g/mol. The molecular formula is C10H13N5O. The molecule has 0 saturated carbocycles. The Balaban J connectivity index is 2.28. The Kier molecular flexibility index (Phi) is 2.82. The third-order valence-corrected chi connectivity index (χ3v) is 2.12. The van der Waals surface area contributed by atoms with Crippen LogP contribution in [-0.4, -0.2) is 15.1 Å². The highest BCUT2D eigenvalue weighted by Gasteiger charge is 2.11. The van der Waals surface area contributed by atoms with Gasteiger partial charge in [-0.3, -0.25) is 0 Å². The molecule has 0 aliphatic rings. The average Bonchev–Trinajstić information content (AvgIpc) is 2.78. The number of nitrogen functional groups attached to an aromatic ring is 1. The summed E-state index contributed by atoms with van der Waals surface area (Å²) in [6, 6.07) is 3.56. The zero-order valence-electron chi connectivity index (χ0n) is 9.14. The van der Waals surface area contributed by atoms with Gasteiger partial charge in [-0.1, -0.05) is 19.0 Å². The van der Waals surface area contributed by atoms with Gasteiger partial charge in [-0.15, -0.1) is 0 Å². The number of anilines is 1. The lowest BCUT2D eigenvalue weighted by atomic mass is 10.2. The molecule has 0 aromatic carbocycles. The fourth-order valence-electron chi connectivity index (χ4n) is 1.19. The number of aromatic nitrogens is 3. The van der Waals surface area contributed by atoms with Crippen LogP contribution in [0, 0.1) is 0 Å². The summed E-state index contributed by atoms with van der Waals surface area (Å²) in [5.41, 5.74) is 3.23. The van der Waals surface area contributed by atoms with Gasteiger partial charge in [0.2, 0.25) is 0 Å². The van der Waals surface area contributed by atoms with Crippen molar-refractivity contribution in [3.63, 3.8) is 0 Å². The number of rotatable bonds is 3. The number of hydrogen-bond donors (Lipinski definition) is 2. The zero-order chi connectivity index (χ0) is 11.5. The lowest BCUT2D eigenvalue weighted by Gasteiger charge is -1.98. The molecule has 6 nitrogen and oxygen atoms in total. The summed E-state index contributed by atoms with van der Waals surface area (Å²) >= 11 is 0. The first-order valence-electron chi connectivity index (χ1n) is 4.97. The van der Waals surface area contributed by atoms with E-state index in [0.717, 1.165) is 5.56 Å². The first kappa shape index (κ1) is 10.6. The number of nitrogens with one attached hydrogen (secondary N) is 1. The number of hydrogen-bond acceptors (Lipinski definition) is 6. The molecular weight excluding hydrogens is 206 g/mol. The maximum absolute atomic E-state index is 5.22. The van der Waals surface area contributed by atoms with Crippen molar-refractivity contribution in [2.24, 2.45) is 5.84 Å². The van der Waals surface area contributed by atoms with Gasteiger partial charge in [0.1, 0.15) is 5.82 Å². The van der Waals surface area contributed by atoms with E-state index in [1.807, 2.05) is 19.9 Å². The van der Waals surface area contributed by atoms with E-state index in [2.05, 4.69) is 20.6 Å². The van der Waals surface area contributed by atoms with Crippen LogP contribution >= 0.6 is 0 Å². The van der Waals surface area contributed by atoms with Crippen LogP contribution in [0.1, 0.15) is 25.6 Å². The highest BCUT2D eigenvalue weighted by atomic mass is 16.5. The number of nitrogens with two attached hydrogens (primary N) is 1. The van der Waals surface area contributed by atoms with Gasteiger partial charge in [0.05, 0.1) is 5.56 Å². The maximum atomic E-state index is 5.22. The number of nitrogens with zero attached hydrogens (tertiary/aromatic N) is 3. The summed E-state index contributed by atoms with van der Waals surface area (Å²) < 4.78 is 5.13. The molecule has 2 heterocycles. The third kappa shape index (κ3) is 2.01. The quantitative estimate of drug-likeness (QED) is 0.601. The predicted octanol–water partition coefficient (Wildman–Crippen LogP) is 1.54. The highest BCUT2D eigenvalue weighted by Crippen LogP contribution is 2.19. The molecule has 0 amide bonds. The fourth-order valence-corrected chi connectivity index (χ4v) is 1.19. The van der Waals surface area contributed by atoms with Crippen molar-refractivity contribution >= 4 is 5.82 Å². The summed E-state index contributed by atoms with van der Waals surface area (Å²) in [6.07, 6.45) is 1.63. The van der Waals surface area contributed by atoms with Crippen LogP contribution in [0.2, 0.25) is 0 Å². The van der Waals surface area contributed by atoms with Gasteiger partial charge < -0.3 is 9.95 Å². The van der Waals surface area contributed by atoms with Crippen molar-refractivity contribution in [1.82, 2.24) is 15.1 Å². The summed E-state index contributed by atoms with van der Waals surface area (Å²) in [5.74, 6) is 7.22. The minimum atomic E-state index is 0.246. The van der Waals surface area contributed by atoms with Crippen molar-refractivity contribution in [2.75, 3.05) is 5.43 Å². The molecule has 0 fully saturated rings. The molecule has 2 rings (SSSR count). The Hall–Kier alpha value is -1.95. The molecule has 3 N–H and O–H groups in total. The molecule has 0 unspecified atom stereocenters. The Morgan fingerprint density at radius 3 is 2.69 bits per heavy atom. The molecule has 0 atom stereocenters. The van der Waals surface area contributed by atoms with E-state index < -0.39 is 0 Å². The SMILES string of the molecule is CC(C)c1noc(-c2ccc(NN)nc2)n1. The molecule has 0 radical (unpaired) electrons. The molecule has 0 saturated heterocycles. The third-order valence-electron chi connectivity index (χ3n) is 2.12. The standard InChI is InChI=1S/C10H13N5O/c1-6(2)9-13-10(16-15-9)7-3-4-8(14-11)12-5-7/h3-6H,11H2,1-2H3,(H,12,14). The molecule has 2 aromatic rings. The van der Waals surface area contributed by atoms with Gasteiger partial charge >= 0.3 is 0 Å². The van der Waals surface area contributed by atoms with Gasteiger partial charge in [-0.2, -0.15) is 4.98 Å². The molecule has 2 aromatic heterocycles. The van der Waals surface area contributed by atoms with Crippen LogP contribution in [0.25, 0.3) is 11.5 Å². The first-order chi connectivity index (χ1) is 7.70. The lowest BCUT2D eigenvalue weighted by Crippen LogP contribution is -2.07. The van der Waals surface area contributed by atoms with E-state index in [0.29, 0.717) is 17.5 Å². The summed E-state index contributed by atoms with van der Waals surface area (Å²) in [6.45, 7) is 4.02. The fraction of sp³-hybridized carbons (Fsp3) is 0.300. The highest BCUT2D eigenvalue weighted by molar-refractivity contribution is 5.53. The summed E-state index contributed by atoms with van der Waals surface area (Å²) in [5, 5.41) is 3.88. The van der Waals surface area contributed by atoms with Crippen molar-refractivity contribution in [1.29, 1.82) is 0 Å². The topological polar surface area (TPSA) is 89.9 Å². The average molecular weight is 219 g/mol. The molecule has 16 heavy (non-hydrogen) atoms. The molecule has 0 aliphatic heterocycles. The van der Waals surface area contributed by atoms with Crippen molar-refractivity contribution < 1.29 is 4.52 Å². The van der Waals surface area contributed by atoms with Crippen molar-refractivity contribution in [2.45, 2.75) is 19.8 Å². The second kappa shape index (κ2) is 4.28. The Morgan fingerprint density at radius 1 is 1.38 bits per heavy atom. The largest absolute Gasteiger partial charge is 0.334 e. The van der Waals surface area contributed by atoms with Crippen LogP contribution in [0.4, 0.5) is 5.82 Å². The number of pyridine rings is 1.